The number of aromatic nitrogens is 2. The molecule has 1 atom stereocenters. The van der Waals surface area contributed by atoms with E-state index in [1.54, 1.807) is 0 Å². The molecule has 0 fully saturated rings. The molecule has 0 aliphatic carbocycles. The van der Waals surface area contributed by atoms with Crippen LogP contribution >= 0.6 is 0 Å². The van der Waals surface area contributed by atoms with Gasteiger partial charge >= 0.3 is 17.8 Å². The predicted molar refractivity (Wildman–Crippen MR) is 117 cm³/mol. The average Bonchev–Trinajstić information content (AvgIpc) is 3.27. The van der Waals surface area contributed by atoms with Crippen molar-refractivity contribution in [3.63, 3.8) is 0 Å². The van der Waals surface area contributed by atoms with Gasteiger partial charge in [0.2, 0.25) is 0 Å². The molecule has 1 heterocycles. The summed E-state index contributed by atoms with van der Waals surface area (Å²) in [4.78, 5) is 32.1. The highest BCUT2D eigenvalue weighted by Gasteiger charge is 2.27. The number of hydrogen-bond donors (Lipinski definition) is 4. The molecule has 166 valence electrons. The van der Waals surface area contributed by atoms with Crippen molar-refractivity contribution < 1.29 is 19.2 Å². The molecule has 0 saturated carbocycles. The van der Waals surface area contributed by atoms with E-state index in [0.29, 0.717) is 12.2 Å². The van der Waals surface area contributed by atoms with E-state index in [0.717, 1.165) is 11.1 Å². The number of nitrogens with one attached hydrogen (secondary N) is 1. The lowest BCUT2D eigenvalue weighted by atomic mass is 9.91. The highest BCUT2D eigenvalue weighted by molar-refractivity contribution is 5.92. The number of carboxylic acid groups (broad SMARTS) is 1. The summed E-state index contributed by atoms with van der Waals surface area (Å²) >= 11 is 0. The first-order valence-corrected chi connectivity index (χ1v) is 9.98. The summed E-state index contributed by atoms with van der Waals surface area (Å²) in [5.41, 5.74) is 12.4. The molecule has 1 amide bonds. The molecular formula is C22H24N6O4. The number of nitrogens with zero attached hydrogens (tertiary/aromatic N) is 3. The molecule has 0 bridgehead atoms. The van der Waals surface area contributed by atoms with Gasteiger partial charge in [0.25, 0.3) is 0 Å². The van der Waals surface area contributed by atoms with Crippen molar-refractivity contribution in [2.24, 2.45) is 16.5 Å². The quantitative estimate of drug-likeness (QED) is 0.210. The summed E-state index contributed by atoms with van der Waals surface area (Å²) in [6, 6.07) is 18.0. The van der Waals surface area contributed by atoms with Crippen LogP contribution < -0.4 is 16.8 Å². The Morgan fingerprint density at radius 2 is 1.62 bits per heavy atom. The van der Waals surface area contributed by atoms with E-state index >= 15 is 0 Å². The molecule has 10 heteroatoms. The number of carboxylic acids is 1. The monoisotopic (exact) mass is 436 g/mol. The Morgan fingerprint density at radius 1 is 1.03 bits per heavy atom. The van der Waals surface area contributed by atoms with E-state index in [-0.39, 0.29) is 30.7 Å². The van der Waals surface area contributed by atoms with Gasteiger partial charge in [-0.05, 0) is 24.0 Å². The maximum atomic E-state index is 12.6. The standard InChI is InChI=1S/C22H24N6O4/c23-22(24)25-13-7-12-16(21(30)31)26-19(29)20-27-18(28-32-20)17(14-8-3-1-4-9-14)15-10-5-2-6-11-15/h1-6,8-11,16-17H,7,12-13H2,(H,26,29)(H,30,31)(H4,23,24,25)/t16-/m0/s1. The van der Waals surface area contributed by atoms with E-state index < -0.39 is 17.9 Å². The van der Waals surface area contributed by atoms with Gasteiger partial charge in [-0.3, -0.25) is 9.79 Å². The van der Waals surface area contributed by atoms with Crippen molar-refractivity contribution in [1.82, 2.24) is 15.5 Å². The Hall–Kier alpha value is -4.21. The van der Waals surface area contributed by atoms with E-state index in [1.807, 2.05) is 60.7 Å². The maximum absolute atomic E-state index is 12.6. The normalized spacial score (nSPS) is 11.7. The summed E-state index contributed by atoms with van der Waals surface area (Å²) in [6.45, 7) is 0.253. The highest BCUT2D eigenvalue weighted by atomic mass is 16.5. The lowest BCUT2D eigenvalue weighted by molar-refractivity contribution is -0.139. The van der Waals surface area contributed by atoms with Gasteiger partial charge in [0, 0.05) is 6.54 Å². The number of hydrogen-bond acceptors (Lipinski definition) is 6. The first-order valence-electron chi connectivity index (χ1n) is 9.98. The number of amides is 1. The molecule has 0 radical (unpaired) electrons. The van der Waals surface area contributed by atoms with Crippen molar-refractivity contribution in [2.45, 2.75) is 24.8 Å². The Balaban J connectivity index is 1.77. The van der Waals surface area contributed by atoms with Gasteiger partial charge in [0.1, 0.15) is 6.04 Å². The molecule has 0 saturated heterocycles. The molecule has 6 N–H and O–H groups in total. The van der Waals surface area contributed by atoms with Gasteiger partial charge in [-0.25, -0.2) is 4.79 Å². The SMILES string of the molecule is NC(N)=NCCC[C@H](NC(=O)c1nc(C(c2ccccc2)c2ccccc2)no1)C(=O)O. The summed E-state index contributed by atoms with van der Waals surface area (Å²) in [6.07, 6.45) is 0.504. The predicted octanol–water partition coefficient (Wildman–Crippen LogP) is 1.49. The summed E-state index contributed by atoms with van der Waals surface area (Å²) in [5, 5.41) is 15.8. The summed E-state index contributed by atoms with van der Waals surface area (Å²) in [5.74, 6) is -2.39. The number of aliphatic carboxylic acids is 1. The van der Waals surface area contributed by atoms with Crippen molar-refractivity contribution in [1.29, 1.82) is 0 Å². The van der Waals surface area contributed by atoms with Gasteiger partial charge in [-0.1, -0.05) is 65.8 Å². The van der Waals surface area contributed by atoms with Crippen LogP contribution in [0, 0.1) is 0 Å². The minimum Gasteiger partial charge on any atom is -0.480 e. The minimum absolute atomic E-state index is 0.0781. The fourth-order valence-corrected chi connectivity index (χ4v) is 3.21. The maximum Gasteiger partial charge on any atom is 0.326 e. The van der Waals surface area contributed by atoms with E-state index in [2.05, 4.69) is 20.4 Å². The molecular weight excluding hydrogens is 412 g/mol. The van der Waals surface area contributed by atoms with Crippen molar-refractivity contribution in [2.75, 3.05) is 6.54 Å². The number of nitrogens with two attached hydrogens (primary N) is 2. The van der Waals surface area contributed by atoms with Crippen molar-refractivity contribution >= 4 is 17.8 Å². The first kappa shape index (κ1) is 22.5. The summed E-state index contributed by atoms with van der Waals surface area (Å²) < 4.78 is 5.17. The van der Waals surface area contributed by atoms with Gasteiger partial charge in [-0.15, -0.1) is 0 Å². The molecule has 2 aromatic carbocycles. The zero-order chi connectivity index (χ0) is 22.9. The van der Waals surface area contributed by atoms with Crippen LogP contribution in [0.25, 0.3) is 0 Å². The second-order valence-electron chi connectivity index (χ2n) is 7.03. The third-order valence-electron chi connectivity index (χ3n) is 4.71. The molecule has 0 spiro atoms. The van der Waals surface area contributed by atoms with Gasteiger partial charge in [-0.2, -0.15) is 4.98 Å². The van der Waals surface area contributed by atoms with Crippen LogP contribution in [-0.4, -0.2) is 45.7 Å². The lowest BCUT2D eigenvalue weighted by Crippen LogP contribution is -2.41. The molecule has 0 aliphatic rings. The molecule has 3 aromatic rings. The van der Waals surface area contributed by atoms with Gasteiger partial charge in [0.15, 0.2) is 11.8 Å². The van der Waals surface area contributed by atoms with Crippen LogP contribution in [0.5, 0.6) is 0 Å². The smallest absolute Gasteiger partial charge is 0.326 e. The third kappa shape index (κ3) is 5.91. The molecule has 0 aliphatic heterocycles. The number of rotatable bonds is 10. The van der Waals surface area contributed by atoms with Crippen LogP contribution in [0.15, 0.2) is 70.2 Å². The number of guanidine groups is 1. The van der Waals surface area contributed by atoms with Gasteiger partial charge in [0.05, 0.1) is 5.92 Å². The van der Waals surface area contributed by atoms with E-state index in [9.17, 15) is 14.7 Å². The van der Waals surface area contributed by atoms with Gasteiger partial charge < -0.3 is 26.4 Å². The second-order valence-corrected chi connectivity index (χ2v) is 7.03. The largest absolute Gasteiger partial charge is 0.480 e. The number of aliphatic imine (C=N–C) groups is 1. The molecule has 0 unspecified atom stereocenters. The van der Waals surface area contributed by atoms with Crippen LogP contribution in [-0.2, 0) is 4.79 Å². The van der Waals surface area contributed by atoms with Crippen molar-refractivity contribution in [3.8, 4) is 0 Å². The third-order valence-corrected chi connectivity index (χ3v) is 4.71. The Morgan fingerprint density at radius 3 is 2.16 bits per heavy atom. The van der Waals surface area contributed by atoms with Crippen LogP contribution in [0.4, 0.5) is 0 Å². The van der Waals surface area contributed by atoms with Crippen LogP contribution in [0.1, 0.15) is 46.4 Å². The fourth-order valence-electron chi connectivity index (χ4n) is 3.21. The zero-order valence-corrected chi connectivity index (χ0v) is 17.2. The molecule has 3 rings (SSSR count). The Bertz CT molecular complexity index is 1020. The number of benzene rings is 2. The molecule has 1 aromatic heterocycles. The topological polar surface area (TPSA) is 170 Å². The van der Waals surface area contributed by atoms with Crippen LogP contribution in [0.2, 0.25) is 0 Å². The molecule has 10 nitrogen and oxygen atoms in total. The Labute approximate surface area is 184 Å². The Kier molecular flexibility index (Phi) is 7.52. The highest BCUT2D eigenvalue weighted by Crippen LogP contribution is 2.29. The fraction of sp³-hybridized carbons (Fsp3) is 0.227. The number of carbonyl (C=O) groups excluding carboxylic acids is 1. The lowest BCUT2D eigenvalue weighted by Gasteiger charge is -2.14. The van der Waals surface area contributed by atoms with E-state index in [1.165, 1.54) is 0 Å². The zero-order valence-electron chi connectivity index (χ0n) is 17.2. The van der Waals surface area contributed by atoms with Crippen molar-refractivity contribution in [3.05, 3.63) is 83.5 Å². The number of carbonyl (C=O) groups is 2. The van der Waals surface area contributed by atoms with Crippen LogP contribution in [0.3, 0.4) is 0 Å². The average molecular weight is 436 g/mol. The minimum atomic E-state index is -1.19. The second kappa shape index (κ2) is 10.7. The first-order chi connectivity index (χ1) is 15.5. The van der Waals surface area contributed by atoms with E-state index in [4.69, 9.17) is 16.0 Å². The molecule has 32 heavy (non-hydrogen) atoms. The summed E-state index contributed by atoms with van der Waals surface area (Å²) in [7, 11) is 0.